The van der Waals surface area contributed by atoms with Gasteiger partial charge in [0.25, 0.3) is 0 Å². The van der Waals surface area contributed by atoms with Gasteiger partial charge in [-0.2, -0.15) is 0 Å². The lowest BCUT2D eigenvalue weighted by Crippen LogP contribution is -2.73. The number of hydrogen-bond acceptors (Lipinski definition) is 11. The SMILES string of the molecule is COC(=O)c1c(C)ccc2c(O)c3c(cc12)C(=O)c1c2c(cc(O)c1C3=O)[C@@]1(C)O[C@](C)(O2)[C@H](O)[C@H](N(C)C)[C@@H]1O. The number of methoxy groups -OCH3 is 1. The van der Waals surface area contributed by atoms with Crippen LogP contribution in [0.25, 0.3) is 10.8 Å². The highest BCUT2D eigenvalue weighted by atomic mass is 16.7. The van der Waals surface area contributed by atoms with Crippen LogP contribution in [0.3, 0.4) is 0 Å². The number of phenolic OH excluding ortho intramolecular Hbond substituents is 2. The molecule has 0 radical (unpaired) electrons. The first-order valence-electron chi connectivity index (χ1n) is 13.0. The molecule has 1 saturated heterocycles. The summed E-state index contributed by atoms with van der Waals surface area (Å²) in [7, 11) is 4.56. The number of ether oxygens (including phenoxy) is 3. The number of fused-ring (bicyclic) bond motifs is 8. The van der Waals surface area contributed by atoms with Gasteiger partial charge in [0.15, 0.2) is 5.78 Å². The van der Waals surface area contributed by atoms with Gasteiger partial charge in [-0.25, -0.2) is 4.79 Å². The number of benzene rings is 3. The van der Waals surface area contributed by atoms with Gasteiger partial charge in [0.1, 0.15) is 35.1 Å². The number of carbonyl (C=O) groups excluding carboxylic acids is 3. The van der Waals surface area contributed by atoms with E-state index in [0.29, 0.717) is 5.56 Å². The molecule has 6 rings (SSSR count). The van der Waals surface area contributed by atoms with Crippen LogP contribution in [-0.4, -0.2) is 88.1 Å². The molecule has 1 aliphatic carbocycles. The van der Waals surface area contributed by atoms with Crippen LogP contribution in [0.2, 0.25) is 0 Å². The Hall–Kier alpha value is -4.03. The summed E-state index contributed by atoms with van der Waals surface area (Å²) in [6.07, 6.45) is -2.71. The largest absolute Gasteiger partial charge is 0.507 e. The molecule has 0 aromatic heterocycles. The Morgan fingerprint density at radius 2 is 1.66 bits per heavy atom. The minimum atomic E-state index is -1.75. The van der Waals surface area contributed by atoms with E-state index in [9.17, 15) is 34.8 Å². The van der Waals surface area contributed by atoms with Crippen molar-refractivity contribution in [1.82, 2.24) is 4.90 Å². The number of aliphatic hydroxyl groups is 2. The molecule has 41 heavy (non-hydrogen) atoms. The molecule has 11 nitrogen and oxygen atoms in total. The van der Waals surface area contributed by atoms with E-state index in [1.807, 2.05) is 0 Å². The summed E-state index contributed by atoms with van der Waals surface area (Å²) in [5, 5.41) is 45.3. The third kappa shape index (κ3) is 3.31. The van der Waals surface area contributed by atoms with Crippen molar-refractivity contribution in [2.45, 2.75) is 50.4 Å². The van der Waals surface area contributed by atoms with E-state index in [-0.39, 0.29) is 44.3 Å². The Morgan fingerprint density at radius 3 is 2.29 bits per heavy atom. The lowest BCUT2D eigenvalue weighted by atomic mass is 9.73. The molecule has 3 aromatic carbocycles. The number of aryl methyl sites for hydroxylation is 1. The second-order valence-electron chi connectivity index (χ2n) is 11.3. The van der Waals surface area contributed by atoms with Gasteiger partial charge >= 0.3 is 5.97 Å². The summed E-state index contributed by atoms with van der Waals surface area (Å²) >= 11 is 0. The van der Waals surface area contributed by atoms with Crippen molar-refractivity contribution in [1.29, 1.82) is 0 Å². The highest BCUT2D eigenvalue weighted by Gasteiger charge is 2.64. The van der Waals surface area contributed by atoms with Crippen molar-refractivity contribution in [3.05, 3.63) is 63.2 Å². The third-order valence-electron chi connectivity index (χ3n) is 8.68. The number of carbonyl (C=O) groups is 3. The number of hydrogen-bond donors (Lipinski definition) is 4. The molecule has 0 amide bonds. The molecule has 214 valence electrons. The Balaban J connectivity index is 1.65. The molecule has 1 fully saturated rings. The van der Waals surface area contributed by atoms with Gasteiger partial charge < -0.3 is 39.5 Å². The molecular weight excluding hydrogens is 534 g/mol. The molecule has 4 N–H and O–H groups in total. The number of phenols is 2. The van der Waals surface area contributed by atoms with Crippen LogP contribution in [0.4, 0.5) is 0 Å². The van der Waals surface area contributed by atoms with Crippen LogP contribution < -0.4 is 4.74 Å². The molecule has 0 spiro atoms. The standard InChI is InChI=1S/C30H29NO10/c1-11-7-8-12-13(17(11)28(38)39-6)9-14-18(22(12)33)24(35)19-16(32)10-15-25(20(19)23(14)34)40-30(3)27(37)21(31(4)5)26(36)29(15,2)41-30/h7-10,21,26-27,32-33,36-37H,1-6H3/t21-,26+,27-,29-,30+/m1/s1. The second-order valence-corrected chi connectivity index (χ2v) is 11.3. The number of ketones is 2. The monoisotopic (exact) mass is 563 g/mol. The van der Waals surface area contributed by atoms with Crippen LogP contribution in [0.5, 0.6) is 17.2 Å². The van der Waals surface area contributed by atoms with Gasteiger partial charge in [-0.15, -0.1) is 0 Å². The fraction of sp³-hybridized carbons (Fsp3) is 0.367. The summed E-state index contributed by atoms with van der Waals surface area (Å²) in [5.41, 5.74) is -2.04. The van der Waals surface area contributed by atoms with Crippen molar-refractivity contribution in [3.8, 4) is 17.2 Å². The second kappa shape index (κ2) is 8.49. The van der Waals surface area contributed by atoms with E-state index in [4.69, 9.17) is 14.2 Å². The van der Waals surface area contributed by atoms with Gasteiger partial charge in [0, 0.05) is 28.8 Å². The van der Waals surface area contributed by atoms with E-state index in [0.717, 1.165) is 0 Å². The van der Waals surface area contributed by atoms with Crippen molar-refractivity contribution < 1.29 is 49.0 Å². The minimum Gasteiger partial charge on any atom is -0.507 e. The summed E-state index contributed by atoms with van der Waals surface area (Å²) in [5.74, 6) is -5.27. The normalized spacial score (nSPS) is 28.2. The molecule has 3 aliphatic rings. The molecular formula is C30H29NO10. The van der Waals surface area contributed by atoms with Crippen LogP contribution in [0, 0.1) is 6.92 Å². The van der Waals surface area contributed by atoms with E-state index in [2.05, 4.69) is 0 Å². The highest BCUT2D eigenvalue weighted by Crippen LogP contribution is 2.56. The maximum absolute atomic E-state index is 14.2. The van der Waals surface area contributed by atoms with E-state index in [1.54, 1.807) is 38.9 Å². The molecule has 2 aliphatic heterocycles. The third-order valence-corrected chi connectivity index (χ3v) is 8.68. The molecule has 11 heteroatoms. The quantitative estimate of drug-likeness (QED) is 0.264. The van der Waals surface area contributed by atoms with Crippen molar-refractivity contribution >= 4 is 28.3 Å². The van der Waals surface area contributed by atoms with Gasteiger partial charge in [-0.3, -0.25) is 9.59 Å². The van der Waals surface area contributed by atoms with Gasteiger partial charge in [-0.05, 0) is 45.6 Å². The average Bonchev–Trinajstić information content (AvgIpc) is 2.90. The molecule has 2 bridgehead atoms. The van der Waals surface area contributed by atoms with Crippen molar-refractivity contribution in [2.75, 3.05) is 21.2 Å². The number of rotatable bonds is 2. The summed E-state index contributed by atoms with van der Waals surface area (Å²) in [4.78, 5) is 42.4. The predicted octanol–water partition coefficient (Wildman–Crippen LogP) is 2.13. The van der Waals surface area contributed by atoms with Crippen molar-refractivity contribution in [2.24, 2.45) is 0 Å². The fourth-order valence-corrected chi connectivity index (χ4v) is 6.59. The zero-order valence-electron chi connectivity index (χ0n) is 23.2. The summed E-state index contributed by atoms with van der Waals surface area (Å²) in [6, 6.07) is 4.82. The summed E-state index contributed by atoms with van der Waals surface area (Å²) < 4.78 is 17.2. The average molecular weight is 564 g/mol. The van der Waals surface area contributed by atoms with Crippen molar-refractivity contribution in [3.63, 3.8) is 0 Å². The Kier molecular flexibility index (Phi) is 5.62. The Morgan fingerprint density at radius 1 is 0.976 bits per heavy atom. The smallest absolute Gasteiger partial charge is 0.338 e. The number of nitrogens with zero attached hydrogens (tertiary/aromatic N) is 1. The highest BCUT2D eigenvalue weighted by molar-refractivity contribution is 6.33. The van der Waals surface area contributed by atoms with E-state index < -0.39 is 64.2 Å². The molecule has 3 aromatic rings. The zero-order valence-corrected chi connectivity index (χ0v) is 23.2. The van der Waals surface area contributed by atoms with Gasteiger partial charge in [0.05, 0.1) is 35.4 Å². The van der Waals surface area contributed by atoms with Gasteiger partial charge in [0.2, 0.25) is 11.6 Å². The lowest BCUT2D eigenvalue weighted by molar-refractivity contribution is -0.363. The van der Waals surface area contributed by atoms with E-state index >= 15 is 0 Å². The Labute approximate surface area is 234 Å². The van der Waals surface area contributed by atoms with Crippen LogP contribution >= 0.6 is 0 Å². The first-order valence-corrected chi connectivity index (χ1v) is 13.0. The summed E-state index contributed by atoms with van der Waals surface area (Å²) in [6.45, 7) is 4.69. The first kappa shape index (κ1) is 27.2. The zero-order chi connectivity index (χ0) is 29.9. The number of esters is 1. The maximum atomic E-state index is 14.2. The predicted molar refractivity (Wildman–Crippen MR) is 144 cm³/mol. The number of likely N-dealkylation sites (N-methyl/N-ethyl adjacent to an activating group) is 1. The lowest BCUT2D eigenvalue weighted by Gasteiger charge is -2.58. The van der Waals surface area contributed by atoms with E-state index in [1.165, 1.54) is 32.2 Å². The number of aliphatic hydroxyl groups excluding tert-OH is 2. The number of aromatic hydroxyl groups is 2. The first-order chi connectivity index (χ1) is 19.2. The Bertz CT molecular complexity index is 1730. The van der Waals surface area contributed by atoms with Gasteiger partial charge in [-0.1, -0.05) is 12.1 Å². The van der Waals surface area contributed by atoms with Crippen LogP contribution in [-0.2, 0) is 15.1 Å². The molecule has 0 unspecified atom stereocenters. The molecule has 0 saturated carbocycles. The molecule has 5 atom stereocenters. The van der Waals surface area contributed by atoms with Crippen LogP contribution in [0.1, 0.15) is 67.2 Å². The minimum absolute atomic E-state index is 0.109. The maximum Gasteiger partial charge on any atom is 0.338 e. The van der Waals surface area contributed by atoms with Crippen LogP contribution in [0.15, 0.2) is 24.3 Å². The fourth-order valence-electron chi connectivity index (χ4n) is 6.59. The topological polar surface area (TPSA) is 163 Å². The molecule has 2 heterocycles.